The van der Waals surface area contributed by atoms with Crippen molar-refractivity contribution in [3.8, 4) is 0 Å². The number of alkyl carbamates (subject to hydrolysis) is 1. The second kappa shape index (κ2) is 6.45. The molecule has 1 rings (SSSR count). The van der Waals surface area contributed by atoms with Crippen molar-refractivity contribution in [2.75, 3.05) is 14.2 Å². The molecule has 0 aromatic carbocycles. The lowest BCUT2D eigenvalue weighted by atomic mass is 10.1. The van der Waals surface area contributed by atoms with Crippen LogP contribution >= 0.6 is 0 Å². The van der Waals surface area contributed by atoms with Crippen LogP contribution in [0.5, 0.6) is 0 Å². The first-order valence-corrected chi connectivity index (χ1v) is 6.33. The number of hydrogen-bond acceptors (Lipinski definition) is 5. The van der Waals surface area contributed by atoms with Crippen LogP contribution in [0.1, 0.15) is 34.1 Å². The highest BCUT2D eigenvalue weighted by atomic mass is 16.6. The lowest BCUT2D eigenvalue weighted by molar-refractivity contribution is 0.0547. The number of allylic oxidation sites excluding steroid dienone is 2. The maximum atomic E-state index is 11.9. The Bertz CT molecular complexity index is 470. The van der Waals surface area contributed by atoms with Crippen LogP contribution in [0.4, 0.5) is 4.79 Å². The predicted octanol–water partition coefficient (Wildman–Crippen LogP) is 2.72. The molecule has 0 spiro atoms. The molecule has 112 valence electrons. The van der Waals surface area contributed by atoms with Crippen LogP contribution in [-0.4, -0.2) is 31.8 Å². The highest BCUT2D eigenvalue weighted by molar-refractivity contribution is 5.97. The number of rotatable bonds is 2. The summed E-state index contributed by atoms with van der Waals surface area (Å²) in [5.41, 5.74) is 0.845. The van der Waals surface area contributed by atoms with Crippen molar-refractivity contribution in [3.05, 3.63) is 23.2 Å². The fourth-order valence-electron chi connectivity index (χ4n) is 1.57. The van der Waals surface area contributed by atoms with Gasteiger partial charge in [-0.05, 0) is 45.8 Å². The van der Waals surface area contributed by atoms with Crippen LogP contribution in [0.2, 0.25) is 0 Å². The molecule has 0 aromatic rings. The second-order valence-corrected chi connectivity index (χ2v) is 5.35. The van der Waals surface area contributed by atoms with Crippen LogP contribution < -0.4 is 5.32 Å². The summed E-state index contributed by atoms with van der Waals surface area (Å²) >= 11 is 0. The molecule has 0 aromatic heterocycles. The van der Waals surface area contributed by atoms with Crippen molar-refractivity contribution in [2.45, 2.75) is 39.7 Å². The molecule has 1 N–H and O–H groups in total. The largest absolute Gasteiger partial charge is 0.481 e. The Balaban J connectivity index is 2.94. The summed E-state index contributed by atoms with van der Waals surface area (Å²) in [6.07, 6.45) is 1.88. The van der Waals surface area contributed by atoms with Crippen molar-refractivity contribution >= 4 is 12.0 Å². The molecule has 0 radical (unpaired) electrons. The summed E-state index contributed by atoms with van der Waals surface area (Å²) in [5.74, 6) is 0.737. The molecule has 0 aliphatic carbocycles. The van der Waals surface area contributed by atoms with E-state index in [-0.39, 0.29) is 0 Å². The fraction of sp³-hybridized carbons (Fsp3) is 0.571. The molecule has 1 amide bonds. The number of nitrogens with one attached hydrogen (secondary N) is 1. The Labute approximate surface area is 119 Å². The number of carbonyl (C=O) groups is 1. The number of ether oxygens (including phenoxy) is 3. The van der Waals surface area contributed by atoms with E-state index < -0.39 is 11.7 Å². The zero-order chi connectivity index (χ0) is 15.3. The van der Waals surface area contributed by atoms with Gasteiger partial charge in [0.2, 0.25) is 11.8 Å². The number of amides is 1. The Kier molecular flexibility index (Phi) is 5.19. The number of nitrogens with zero attached hydrogens (tertiary/aromatic N) is 1. The monoisotopic (exact) mass is 282 g/mol. The fourth-order valence-corrected chi connectivity index (χ4v) is 1.57. The molecule has 0 atom stereocenters. The van der Waals surface area contributed by atoms with Crippen LogP contribution in [0.3, 0.4) is 0 Å². The van der Waals surface area contributed by atoms with E-state index >= 15 is 0 Å². The minimum absolute atomic E-state index is 0.291. The third-order valence-electron chi connectivity index (χ3n) is 2.46. The van der Waals surface area contributed by atoms with E-state index in [1.807, 2.05) is 13.0 Å². The zero-order valence-electron chi connectivity index (χ0n) is 12.9. The number of carbonyl (C=O) groups excluding carboxylic acids is 1. The normalized spacial score (nSPS) is 15.9. The van der Waals surface area contributed by atoms with E-state index in [2.05, 4.69) is 10.3 Å². The van der Waals surface area contributed by atoms with E-state index in [0.717, 1.165) is 5.57 Å². The Hall–Kier alpha value is -1.98. The Morgan fingerprint density at radius 1 is 1.30 bits per heavy atom. The van der Waals surface area contributed by atoms with Gasteiger partial charge in [-0.2, -0.15) is 4.99 Å². The van der Waals surface area contributed by atoms with Gasteiger partial charge < -0.3 is 14.2 Å². The zero-order valence-corrected chi connectivity index (χ0v) is 12.9. The SMILES string of the molecule is COC1=CCC(C)=C(NC(=O)OC(C)(C)C)C(OC)=N1. The average molecular weight is 282 g/mol. The maximum Gasteiger partial charge on any atom is 0.412 e. The summed E-state index contributed by atoms with van der Waals surface area (Å²) in [6.45, 7) is 7.29. The van der Waals surface area contributed by atoms with Gasteiger partial charge in [0.25, 0.3) is 0 Å². The first-order chi connectivity index (χ1) is 9.26. The first kappa shape index (κ1) is 16.1. The predicted molar refractivity (Wildman–Crippen MR) is 76.2 cm³/mol. The van der Waals surface area contributed by atoms with Gasteiger partial charge in [0, 0.05) is 0 Å². The van der Waals surface area contributed by atoms with Gasteiger partial charge in [-0.3, -0.25) is 5.32 Å². The van der Waals surface area contributed by atoms with Gasteiger partial charge in [-0.15, -0.1) is 0 Å². The highest BCUT2D eigenvalue weighted by Crippen LogP contribution is 2.18. The van der Waals surface area contributed by atoms with E-state index in [1.165, 1.54) is 14.2 Å². The summed E-state index contributed by atoms with van der Waals surface area (Å²) in [4.78, 5) is 16.1. The van der Waals surface area contributed by atoms with E-state index in [1.54, 1.807) is 20.8 Å². The quantitative estimate of drug-likeness (QED) is 0.845. The molecular weight excluding hydrogens is 260 g/mol. The lowest BCUT2D eigenvalue weighted by Crippen LogP contribution is -2.35. The van der Waals surface area contributed by atoms with Crippen molar-refractivity contribution in [3.63, 3.8) is 0 Å². The molecule has 0 unspecified atom stereocenters. The Morgan fingerprint density at radius 2 is 1.95 bits per heavy atom. The van der Waals surface area contributed by atoms with E-state index in [9.17, 15) is 4.79 Å². The smallest absolute Gasteiger partial charge is 0.412 e. The van der Waals surface area contributed by atoms with Crippen LogP contribution in [-0.2, 0) is 14.2 Å². The summed E-state index contributed by atoms with van der Waals surface area (Å²) < 4.78 is 15.6. The molecule has 0 saturated heterocycles. The van der Waals surface area contributed by atoms with Crippen molar-refractivity contribution in [1.82, 2.24) is 5.32 Å². The molecule has 0 bridgehead atoms. The standard InChI is InChI=1S/C14H22N2O4/c1-9-7-8-10(18-5)15-12(19-6)11(9)16-13(17)20-14(2,3)4/h8H,7H2,1-6H3,(H,16,17). The first-order valence-electron chi connectivity index (χ1n) is 6.33. The number of hydrogen-bond donors (Lipinski definition) is 1. The van der Waals surface area contributed by atoms with E-state index in [0.29, 0.717) is 23.9 Å². The van der Waals surface area contributed by atoms with Crippen LogP contribution in [0, 0.1) is 0 Å². The van der Waals surface area contributed by atoms with E-state index in [4.69, 9.17) is 14.2 Å². The van der Waals surface area contributed by atoms with Gasteiger partial charge in [-0.25, -0.2) is 4.79 Å². The minimum Gasteiger partial charge on any atom is -0.481 e. The number of aliphatic imine (C=N–C) groups is 1. The molecule has 6 nitrogen and oxygen atoms in total. The lowest BCUT2D eigenvalue weighted by Gasteiger charge is -2.21. The second-order valence-electron chi connectivity index (χ2n) is 5.35. The van der Waals surface area contributed by atoms with Crippen molar-refractivity contribution in [2.24, 2.45) is 4.99 Å². The third kappa shape index (κ3) is 4.60. The molecule has 6 heteroatoms. The molecule has 1 aliphatic heterocycles. The van der Waals surface area contributed by atoms with Gasteiger partial charge in [0.15, 0.2) is 0 Å². The third-order valence-corrected chi connectivity index (χ3v) is 2.46. The average Bonchev–Trinajstić information content (AvgIpc) is 2.48. The Morgan fingerprint density at radius 3 is 2.45 bits per heavy atom. The maximum absolute atomic E-state index is 11.9. The molecular formula is C14H22N2O4. The molecule has 0 fully saturated rings. The highest BCUT2D eigenvalue weighted by Gasteiger charge is 2.22. The van der Waals surface area contributed by atoms with Crippen LogP contribution in [0.15, 0.2) is 28.2 Å². The van der Waals surface area contributed by atoms with Crippen molar-refractivity contribution in [1.29, 1.82) is 0 Å². The van der Waals surface area contributed by atoms with Gasteiger partial charge in [0.1, 0.15) is 11.3 Å². The van der Waals surface area contributed by atoms with Crippen LogP contribution in [0.25, 0.3) is 0 Å². The minimum atomic E-state index is -0.566. The summed E-state index contributed by atoms with van der Waals surface area (Å²) in [6, 6.07) is 0. The molecule has 1 aliphatic rings. The summed E-state index contributed by atoms with van der Waals surface area (Å²) in [7, 11) is 3.02. The molecule has 0 saturated carbocycles. The van der Waals surface area contributed by atoms with Gasteiger partial charge >= 0.3 is 6.09 Å². The topological polar surface area (TPSA) is 69.2 Å². The summed E-state index contributed by atoms with van der Waals surface area (Å²) in [5, 5.41) is 2.68. The molecule has 1 heterocycles. The van der Waals surface area contributed by atoms with Gasteiger partial charge in [0.05, 0.1) is 14.2 Å². The van der Waals surface area contributed by atoms with Gasteiger partial charge in [-0.1, -0.05) is 0 Å². The van der Waals surface area contributed by atoms with Crippen molar-refractivity contribution < 1.29 is 19.0 Å². The number of methoxy groups -OCH3 is 2. The molecule has 20 heavy (non-hydrogen) atoms.